The third-order valence-corrected chi connectivity index (χ3v) is 10.1. The van der Waals surface area contributed by atoms with Crippen molar-refractivity contribution >= 4 is 28.1 Å². The SMILES string of the molecule is COc1ccc(S(=O)(=O)NC(CC(C)(C)CCNC(=O)NCC(N)=O)[C@H](O)[C@H](Cc2ccccc2)NC(=O)O[C@H]2CO[C@H]3OCC[C@H]32)cc1. The molecule has 2 aromatic carbocycles. The molecule has 2 fully saturated rings. The van der Waals surface area contributed by atoms with Crippen LogP contribution in [0.3, 0.4) is 0 Å². The van der Waals surface area contributed by atoms with Crippen molar-refractivity contribution in [3.05, 3.63) is 60.2 Å². The smallest absolute Gasteiger partial charge is 0.407 e. The average Bonchev–Trinajstić information content (AvgIpc) is 3.68. The highest BCUT2D eigenvalue weighted by Crippen LogP contribution is 2.33. The molecule has 0 saturated carbocycles. The topological polar surface area (TPSA) is 217 Å². The standard InChI is InChI=1S/C33H47N5O10S/c1-33(2,14-15-35-31(41)36-19-28(34)39)18-26(38-49(43,44)23-11-9-22(45-3)10-12-23)29(40)25(17-21-7-5-4-6-8-21)37-32(42)48-27-20-47-30-24(27)13-16-46-30/h4-12,24-27,29-30,38,40H,13-20H2,1-3H3,(H2,34,39)(H,37,42)(H2,35,36,41)/t24-,25-,26?,27-,29+,30+/m0/s1. The van der Waals surface area contributed by atoms with E-state index in [4.69, 9.17) is 24.7 Å². The van der Waals surface area contributed by atoms with Crippen molar-refractivity contribution in [3.8, 4) is 5.75 Å². The number of sulfonamides is 1. The molecule has 16 heteroatoms. The molecule has 4 rings (SSSR count). The van der Waals surface area contributed by atoms with Crippen LogP contribution < -0.4 is 31.1 Å². The third-order valence-electron chi connectivity index (χ3n) is 8.63. The molecule has 0 aromatic heterocycles. The van der Waals surface area contributed by atoms with E-state index < -0.39 is 64.1 Å². The number of benzene rings is 2. The van der Waals surface area contributed by atoms with Gasteiger partial charge in [0.15, 0.2) is 6.29 Å². The summed E-state index contributed by atoms with van der Waals surface area (Å²) in [5.74, 6) is -0.315. The number of amides is 4. The van der Waals surface area contributed by atoms with Crippen LogP contribution in [0.15, 0.2) is 59.5 Å². The number of carbonyl (C=O) groups excluding carboxylic acids is 3. The van der Waals surface area contributed by atoms with Crippen LogP contribution in [0.5, 0.6) is 5.75 Å². The first-order chi connectivity index (χ1) is 23.3. The summed E-state index contributed by atoms with van der Waals surface area (Å²) >= 11 is 0. The molecule has 7 N–H and O–H groups in total. The van der Waals surface area contributed by atoms with Crippen molar-refractivity contribution in [2.75, 3.05) is 33.4 Å². The van der Waals surface area contributed by atoms with Crippen LogP contribution in [0.2, 0.25) is 0 Å². The van der Waals surface area contributed by atoms with Gasteiger partial charge in [0.25, 0.3) is 0 Å². The first-order valence-corrected chi connectivity index (χ1v) is 17.6. The van der Waals surface area contributed by atoms with E-state index in [1.54, 1.807) is 0 Å². The average molecular weight is 706 g/mol. The summed E-state index contributed by atoms with van der Waals surface area (Å²) in [5.41, 5.74) is 5.22. The Morgan fingerprint density at radius 1 is 1.04 bits per heavy atom. The molecule has 1 unspecified atom stereocenters. The largest absolute Gasteiger partial charge is 0.497 e. The molecule has 49 heavy (non-hydrogen) atoms. The lowest BCUT2D eigenvalue weighted by Gasteiger charge is -2.36. The van der Waals surface area contributed by atoms with Gasteiger partial charge in [0.05, 0.1) is 55.9 Å². The number of aliphatic hydroxyl groups excluding tert-OH is 1. The van der Waals surface area contributed by atoms with E-state index in [2.05, 4.69) is 20.7 Å². The maximum atomic E-state index is 13.7. The van der Waals surface area contributed by atoms with Crippen LogP contribution in [0.1, 0.15) is 38.7 Å². The minimum absolute atomic E-state index is 0.0438. The quantitative estimate of drug-likeness (QED) is 0.139. The first kappa shape index (κ1) is 37.9. The number of hydrogen-bond donors (Lipinski definition) is 6. The van der Waals surface area contributed by atoms with E-state index in [1.165, 1.54) is 31.4 Å². The van der Waals surface area contributed by atoms with E-state index in [0.717, 1.165) is 5.56 Å². The van der Waals surface area contributed by atoms with Crippen LogP contribution in [0, 0.1) is 11.3 Å². The summed E-state index contributed by atoms with van der Waals surface area (Å²) < 4.78 is 52.1. The molecule has 0 aliphatic carbocycles. The minimum Gasteiger partial charge on any atom is -0.497 e. The summed E-state index contributed by atoms with van der Waals surface area (Å²) in [4.78, 5) is 36.3. The van der Waals surface area contributed by atoms with E-state index in [1.807, 2.05) is 44.2 Å². The van der Waals surface area contributed by atoms with Crippen molar-refractivity contribution in [1.29, 1.82) is 0 Å². The molecule has 2 aromatic rings. The van der Waals surface area contributed by atoms with Gasteiger partial charge in [-0.25, -0.2) is 22.7 Å². The van der Waals surface area contributed by atoms with Crippen molar-refractivity contribution < 1.29 is 46.9 Å². The molecule has 4 amide bonds. The summed E-state index contributed by atoms with van der Waals surface area (Å²) in [6, 6.07) is 12.3. The molecule has 0 radical (unpaired) electrons. The first-order valence-electron chi connectivity index (χ1n) is 16.1. The molecule has 0 bridgehead atoms. The lowest BCUT2D eigenvalue weighted by atomic mass is 9.80. The summed E-state index contributed by atoms with van der Waals surface area (Å²) in [6.07, 6.45) is -1.84. The number of rotatable bonds is 17. The Morgan fingerprint density at radius 2 is 1.76 bits per heavy atom. The number of urea groups is 1. The second-order valence-electron chi connectivity index (χ2n) is 13.0. The highest BCUT2D eigenvalue weighted by Gasteiger charge is 2.44. The van der Waals surface area contributed by atoms with E-state index in [-0.39, 0.29) is 43.4 Å². The Labute approximate surface area is 286 Å². The second kappa shape index (κ2) is 17.1. The van der Waals surface area contributed by atoms with Gasteiger partial charge in [-0.2, -0.15) is 0 Å². The van der Waals surface area contributed by atoms with Gasteiger partial charge in [-0.1, -0.05) is 44.2 Å². The van der Waals surface area contributed by atoms with Crippen LogP contribution in [0.25, 0.3) is 0 Å². The molecular weight excluding hydrogens is 658 g/mol. The van der Waals surface area contributed by atoms with Gasteiger partial charge in [-0.05, 0) is 60.9 Å². The van der Waals surface area contributed by atoms with E-state index in [9.17, 15) is 27.9 Å². The number of primary amides is 1. The predicted molar refractivity (Wildman–Crippen MR) is 178 cm³/mol. The van der Waals surface area contributed by atoms with Gasteiger partial charge >= 0.3 is 12.1 Å². The molecule has 15 nitrogen and oxygen atoms in total. The zero-order chi connectivity index (χ0) is 35.6. The molecule has 2 aliphatic rings. The van der Waals surface area contributed by atoms with Crippen molar-refractivity contribution in [1.82, 2.24) is 20.7 Å². The molecule has 2 saturated heterocycles. The maximum Gasteiger partial charge on any atom is 0.407 e. The number of fused-ring (bicyclic) bond motifs is 1. The molecule has 0 spiro atoms. The number of methoxy groups -OCH3 is 1. The number of carbonyl (C=O) groups is 3. The molecular formula is C33H47N5O10S. The third kappa shape index (κ3) is 11.3. The number of nitrogens with two attached hydrogens (primary N) is 1. The van der Waals surface area contributed by atoms with E-state index >= 15 is 0 Å². The highest BCUT2D eigenvalue weighted by atomic mass is 32.2. The Balaban J connectivity index is 1.55. The van der Waals surface area contributed by atoms with Gasteiger partial charge in [-0.15, -0.1) is 0 Å². The zero-order valence-corrected chi connectivity index (χ0v) is 28.7. The minimum atomic E-state index is -4.18. The number of aliphatic hydroxyl groups is 1. The number of hydrogen-bond acceptors (Lipinski definition) is 10. The maximum absolute atomic E-state index is 13.7. The summed E-state index contributed by atoms with van der Waals surface area (Å²) in [6.45, 7) is 4.28. The lowest BCUT2D eigenvalue weighted by molar-refractivity contribution is -0.117. The number of ether oxygens (including phenoxy) is 4. The van der Waals surface area contributed by atoms with Gasteiger partial charge < -0.3 is 45.7 Å². The summed E-state index contributed by atoms with van der Waals surface area (Å²) in [7, 11) is -2.71. The van der Waals surface area contributed by atoms with Crippen LogP contribution >= 0.6 is 0 Å². The molecule has 270 valence electrons. The Hall–Kier alpha value is -3.96. The Morgan fingerprint density at radius 3 is 2.43 bits per heavy atom. The number of nitrogens with one attached hydrogen (secondary N) is 4. The highest BCUT2D eigenvalue weighted by molar-refractivity contribution is 7.89. The fourth-order valence-electron chi connectivity index (χ4n) is 5.97. The molecule has 2 aliphatic heterocycles. The fraction of sp³-hybridized carbons (Fsp3) is 0.545. The van der Waals surface area contributed by atoms with Gasteiger partial charge in [-0.3, -0.25) is 4.79 Å². The van der Waals surface area contributed by atoms with Crippen LogP contribution in [0.4, 0.5) is 9.59 Å². The zero-order valence-electron chi connectivity index (χ0n) is 27.9. The van der Waals surface area contributed by atoms with Crippen molar-refractivity contribution in [2.24, 2.45) is 17.1 Å². The predicted octanol–water partition coefficient (Wildman–Crippen LogP) is 1.39. The monoisotopic (exact) mass is 705 g/mol. The van der Waals surface area contributed by atoms with Gasteiger partial charge in [0, 0.05) is 6.54 Å². The van der Waals surface area contributed by atoms with Gasteiger partial charge in [0.1, 0.15) is 11.9 Å². The van der Waals surface area contributed by atoms with E-state index in [0.29, 0.717) is 25.2 Å². The molecule has 6 atom stereocenters. The van der Waals surface area contributed by atoms with Gasteiger partial charge in [0.2, 0.25) is 15.9 Å². The normalized spacial score (nSPS) is 20.8. The number of alkyl carbamates (subject to hydrolysis) is 1. The Kier molecular flexibility index (Phi) is 13.2. The Bertz CT molecular complexity index is 1510. The van der Waals surface area contributed by atoms with Crippen LogP contribution in [-0.4, -0.2) is 95.6 Å². The lowest BCUT2D eigenvalue weighted by Crippen LogP contribution is -2.56. The fourth-order valence-corrected chi connectivity index (χ4v) is 7.22. The van der Waals surface area contributed by atoms with Crippen LogP contribution in [-0.2, 0) is 35.4 Å². The van der Waals surface area contributed by atoms with Crippen molar-refractivity contribution in [2.45, 2.75) is 75.0 Å². The second-order valence-corrected chi connectivity index (χ2v) is 14.7. The van der Waals surface area contributed by atoms with Crippen molar-refractivity contribution in [3.63, 3.8) is 0 Å². The molecule has 2 heterocycles. The summed E-state index contributed by atoms with van der Waals surface area (Å²) in [5, 5.41) is 19.8.